The summed E-state index contributed by atoms with van der Waals surface area (Å²) < 4.78 is 21.8. The molecule has 0 bridgehead atoms. The van der Waals surface area contributed by atoms with Gasteiger partial charge in [-0.2, -0.15) is 0 Å². The third kappa shape index (κ3) is 6.73. The van der Waals surface area contributed by atoms with Crippen LogP contribution in [-0.4, -0.2) is 42.7 Å². The fourth-order valence-corrected chi connectivity index (χ4v) is 3.31. The van der Waals surface area contributed by atoms with Gasteiger partial charge in [-0.1, -0.05) is 6.07 Å². The molecule has 0 saturated heterocycles. The Kier molecular flexibility index (Phi) is 5.55. The number of hydrogen-bond donors (Lipinski definition) is 4. The van der Waals surface area contributed by atoms with Gasteiger partial charge in [0.15, 0.2) is 0 Å². The summed E-state index contributed by atoms with van der Waals surface area (Å²) in [4.78, 5) is 43.0. The highest BCUT2D eigenvalue weighted by Gasteiger charge is 2.29. The zero-order valence-electron chi connectivity index (χ0n) is 9.82. The molecular formula is C9H14N2O6P2. The van der Waals surface area contributed by atoms with Crippen LogP contribution in [0.25, 0.3) is 0 Å². The van der Waals surface area contributed by atoms with Crippen molar-refractivity contribution in [1.29, 1.82) is 0 Å². The van der Waals surface area contributed by atoms with E-state index in [1.165, 1.54) is 0 Å². The molecule has 0 unspecified atom stereocenters. The highest BCUT2D eigenvalue weighted by Crippen LogP contribution is 2.45. The summed E-state index contributed by atoms with van der Waals surface area (Å²) in [5.74, 6) is 0. The van der Waals surface area contributed by atoms with Crippen LogP contribution in [0.3, 0.4) is 0 Å². The zero-order valence-corrected chi connectivity index (χ0v) is 11.6. The first-order valence-corrected chi connectivity index (χ1v) is 8.63. The highest BCUT2D eigenvalue weighted by molar-refractivity contribution is 7.73. The average Bonchev–Trinajstić information content (AvgIpc) is 2.26. The van der Waals surface area contributed by atoms with E-state index in [-0.39, 0.29) is 6.54 Å². The zero-order chi connectivity index (χ0) is 14.5. The topological polar surface area (TPSA) is 140 Å². The van der Waals surface area contributed by atoms with E-state index in [1.54, 1.807) is 24.4 Å². The summed E-state index contributed by atoms with van der Waals surface area (Å²) in [6, 6.07) is 5.20. The number of aromatic nitrogens is 1. The molecule has 1 heterocycles. The molecule has 1 aromatic heterocycles. The summed E-state index contributed by atoms with van der Waals surface area (Å²) in [5, 5.41) is 0. The number of nitrogens with zero attached hydrogens (tertiary/aromatic N) is 2. The molecule has 0 aliphatic rings. The van der Waals surface area contributed by atoms with E-state index in [1.807, 2.05) is 0 Å². The smallest absolute Gasteiger partial charge is 0.324 e. The van der Waals surface area contributed by atoms with Gasteiger partial charge in [0.1, 0.15) is 5.45 Å². The first kappa shape index (κ1) is 16.2. The summed E-state index contributed by atoms with van der Waals surface area (Å²) in [7, 11) is -9.33. The Labute approximate surface area is 109 Å². The third-order valence-electron chi connectivity index (χ3n) is 2.07. The van der Waals surface area contributed by atoms with Gasteiger partial charge in [0.2, 0.25) is 0 Å². The number of pyridine rings is 1. The number of hydrogen-bond acceptors (Lipinski definition) is 4. The van der Waals surface area contributed by atoms with Gasteiger partial charge in [-0.25, -0.2) is 0 Å². The Morgan fingerprint density at radius 2 is 1.89 bits per heavy atom. The third-order valence-corrected chi connectivity index (χ3v) is 4.00. The lowest BCUT2D eigenvalue weighted by Gasteiger charge is -2.09. The Balaban J connectivity index is 2.74. The minimum atomic E-state index is -4.76. The van der Waals surface area contributed by atoms with Crippen LogP contribution in [0.2, 0.25) is 0 Å². The maximum atomic E-state index is 11.1. The highest BCUT2D eigenvalue weighted by atomic mass is 31.2. The minimum absolute atomic E-state index is 0.00252. The maximum absolute atomic E-state index is 11.1. The van der Waals surface area contributed by atoms with Gasteiger partial charge in [-0.3, -0.25) is 19.1 Å². The number of rotatable bonds is 6. The summed E-state index contributed by atoms with van der Waals surface area (Å²) >= 11 is 0. The quantitative estimate of drug-likeness (QED) is 0.440. The van der Waals surface area contributed by atoms with Crippen molar-refractivity contribution in [2.45, 2.75) is 6.42 Å². The standard InChI is InChI=1S/C9H14N2O6P2/c12-18(13,14)7-9(19(15,16)17)11-6-4-8-3-1-2-5-10-8/h1-3,5H,4,6-7H2,(H2,12,13,14)(H2,15,16,17). The lowest BCUT2D eigenvalue weighted by atomic mass is 10.3. The van der Waals surface area contributed by atoms with Crippen LogP contribution in [-0.2, 0) is 15.6 Å². The summed E-state index contributed by atoms with van der Waals surface area (Å²) in [6.45, 7) is -0.00252. The second-order valence-corrected chi connectivity index (χ2v) is 6.99. The summed E-state index contributed by atoms with van der Waals surface area (Å²) in [5.41, 5.74) is -0.107. The van der Waals surface area contributed by atoms with Crippen LogP contribution in [0.4, 0.5) is 0 Å². The van der Waals surface area contributed by atoms with Crippen molar-refractivity contribution in [3.05, 3.63) is 30.1 Å². The molecule has 0 aliphatic carbocycles. The predicted octanol–water partition coefficient (Wildman–Crippen LogP) is 0.378. The Bertz CT molecular complexity index is 535. The second-order valence-electron chi connectivity index (χ2n) is 3.74. The first-order chi connectivity index (χ1) is 8.68. The van der Waals surface area contributed by atoms with E-state index >= 15 is 0 Å². The molecule has 0 fully saturated rings. The van der Waals surface area contributed by atoms with E-state index < -0.39 is 26.8 Å². The molecule has 10 heteroatoms. The largest absolute Gasteiger partial charge is 0.370 e. The normalized spacial score (nSPS) is 13.6. The fourth-order valence-electron chi connectivity index (χ4n) is 1.26. The molecule has 106 valence electrons. The monoisotopic (exact) mass is 308 g/mol. The minimum Gasteiger partial charge on any atom is -0.324 e. The van der Waals surface area contributed by atoms with Crippen LogP contribution < -0.4 is 0 Å². The molecule has 1 rings (SSSR count). The van der Waals surface area contributed by atoms with Gasteiger partial charge in [0, 0.05) is 24.9 Å². The average molecular weight is 308 g/mol. The van der Waals surface area contributed by atoms with E-state index in [0.29, 0.717) is 12.1 Å². The van der Waals surface area contributed by atoms with Crippen LogP contribution in [0.15, 0.2) is 29.4 Å². The van der Waals surface area contributed by atoms with Crippen molar-refractivity contribution in [2.75, 3.05) is 12.7 Å². The van der Waals surface area contributed by atoms with E-state index in [0.717, 1.165) is 0 Å². The first-order valence-electron chi connectivity index (χ1n) is 5.22. The van der Waals surface area contributed by atoms with Gasteiger partial charge < -0.3 is 19.6 Å². The molecule has 0 aliphatic heterocycles. The molecule has 0 aromatic carbocycles. The van der Waals surface area contributed by atoms with Crippen molar-refractivity contribution < 1.29 is 28.7 Å². The Morgan fingerprint density at radius 3 is 2.37 bits per heavy atom. The van der Waals surface area contributed by atoms with Gasteiger partial charge in [-0.15, -0.1) is 0 Å². The molecule has 4 N–H and O–H groups in total. The van der Waals surface area contributed by atoms with Crippen LogP contribution in [0, 0.1) is 0 Å². The van der Waals surface area contributed by atoms with Gasteiger partial charge >= 0.3 is 15.2 Å². The van der Waals surface area contributed by atoms with Crippen LogP contribution in [0.1, 0.15) is 5.69 Å². The lowest BCUT2D eigenvalue weighted by molar-refractivity contribution is 0.374. The van der Waals surface area contributed by atoms with Crippen molar-refractivity contribution in [3.8, 4) is 0 Å². The Morgan fingerprint density at radius 1 is 1.21 bits per heavy atom. The van der Waals surface area contributed by atoms with Gasteiger partial charge in [0.25, 0.3) is 0 Å². The van der Waals surface area contributed by atoms with Crippen molar-refractivity contribution in [2.24, 2.45) is 4.99 Å². The van der Waals surface area contributed by atoms with Crippen molar-refractivity contribution in [1.82, 2.24) is 4.98 Å². The van der Waals surface area contributed by atoms with E-state index in [4.69, 9.17) is 19.6 Å². The lowest BCUT2D eigenvalue weighted by Crippen LogP contribution is -2.08. The molecular weight excluding hydrogens is 294 g/mol. The van der Waals surface area contributed by atoms with E-state index in [2.05, 4.69) is 9.98 Å². The van der Waals surface area contributed by atoms with Gasteiger partial charge in [-0.05, 0) is 12.1 Å². The van der Waals surface area contributed by atoms with Crippen LogP contribution >= 0.6 is 15.2 Å². The number of aliphatic imine (C=N–C) groups is 1. The summed E-state index contributed by atoms with van der Waals surface area (Å²) in [6.07, 6.45) is 0.851. The van der Waals surface area contributed by atoms with Crippen LogP contribution in [0.5, 0.6) is 0 Å². The maximum Gasteiger partial charge on any atom is 0.370 e. The molecule has 19 heavy (non-hydrogen) atoms. The molecule has 0 amide bonds. The fraction of sp³-hybridized carbons (Fsp3) is 0.333. The molecule has 8 nitrogen and oxygen atoms in total. The molecule has 1 aromatic rings. The predicted molar refractivity (Wildman–Crippen MR) is 69.2 cm³/mol. The second kappa shape index (κ2) is 6.52. The Hall–Kier alpha value is -0.880. The molecule has 0 radical (unpaired) electrons. The molecule has 0 saturated carbocycles. The van der Waals surface area contributed by atoms with E-state index in [9.17, 15) is 9.13 Å². The van der Waals surface area contributed by atoms with Crippen molar-refractivity contribution in [3.63, 3.8) is 0 Å². The van der Waals surface area contributed by atoms with Crippen molar-refractivity contribution >= 4 is 20.6 Å². The molecule has 0 atom stereocenters. The molecule has 0 spiro atoms. The van der Waals surface area contributed by atoms with Gasteiger partial charge in [0.05, 0.1) is 6.16 Å². The SMILES string of the molecule is O=P(O)(O)CC(=NCCc1ccccn1)P(=O)(O)O.